The first-order valence-electron chi connectivity index (χ1n) is 7.86. The van der Waals surface area contributed by atoms with E-state index in [1.807, 2.05) is 30.6 Å². The van der Waals surface area contributed by atoms with Crippen LogP contribution in [0.2, 0.25) is 0 Å². The maximum absolute atomic E-state index is 11.5. The molecule has 0 spiro atoms. The molecule has 2 heterocycles. The summed E-state index contributed by atoms with van der Waals surface area (Å²) in [5.41, 5.74) is 1.67. The van der Waals surface area contributed by atoms with Gasteiger partial charge >= 0.3 is 0 Å². The molecule has 0 saturated carbocycles. The van der Waals surface area contributed by atoms with Crippen LogP contribution < -0.4 is 10.0 Å². The topological polar surface area (TPSA) is 66.9 Å². The fraction of sp³-hybridized carbons (Fsp3) is 0.167. The summed E-state index contributed by atoms with van der Waals surface area (Å²) < 4.78 is 2.42. The van der Waals surface area contributed by atoms with E-state index in [0.29, 0.717) is 11.0 Å². The normalized spacial score (nSPS) is 12.4. The number of hydrazone groups is 1. The van der Waals surface area contributed by atoms with Crippen LogP contribution in [0.4, 0.5) is 0 Å². The van der Waals surface area contributed by atoms with Gasteiger partial charge in [0.05, 0.1) is 16.8 Å². The molecule has 0 radical (unpaired) electrons. The fourth-order valence-corrected chi connectivity index (χ4v) is 3.78. The van der Waals surface area contributed by atoms with E-state index in [4.69, 9.17) is 0 Å². The Balaban J connectivity index is 2.30. The lowest BCUT2D eigenvalue weighted by Crippen LogP contribution is -2.29. The number of rotatable bonds is 8. The van der Waals surface area contributed by atoms with Crippen LogP contribution in [0, 0.1) is 5.21 Å². The summed E-state index contributed by atoms with van der Waals surface area (Å²) in [7, 11) is 3.57. The number of aromatic nitrogens is 1. The number of allylic oxidation sites excluding steroid dienone is 2. The number of hydrogen-bond donors (Lipinski definition) is 1. The molecule has 0 aliphatic carbocycles. The van der Waals surface area contributed by atoms with E-state index in [9.17, 15) is 5.21 Å². The van der Waals surface area contributed by atoms with E-state index in [1.165, 1.54) is 12.4 Å². The quantitative estimate of drug-likeness (QED) is 0.251. The van der Waals surface area contributed by atoms with Gasteiger partial charge in [0.1, 0.15) is 5.82 Å². The Hall–Kier alpha value is -1.97. The highest BCUT2D eigenvalue weighted by Gasteiger charge is 2.11. The summed E-state index contributed by atoms with van der Waals surface area (Å²) in [6.07, 6.45) is 6.50. The van der Waals surface area contributed by atoms with Crippen molar-refractivity contribution in [1.82, 2.24) is 10.3 Å². The summed E-state index contributed by atoms with van der Waals surface area (Å²) in [5.74, 6) is 0.724. The van der Waals surface area contributed by atoms with E-state index in [-0.39, 0.29) is 0 Å². The predicted octanol–water partition coefficient (Wildman–Crippen LogP) is 4.02. The van der Waals surface area contributed by atoms with Crippen LogP contribution in [0.15, 0.2) is 73.5 Å². The summed E-state index contributed by atoms with van der Waals surface area (Å²) >= 11 is 8.41. The molecule has 6 nitrogen and oxygen atoms in total. The monoisotopic (exact) mass is 511 g/mol. The maximum Gasteiger partial charge on any atom is 0.185 e. The van der Waals surface area contributed by atoms with Gasteiger partial charge in [-0.15, -0.1) is 11.3 Å². The van der Waals surface area contributed by atoms with Gasteiger partial charge in [-0.25, -0.2) is 0 Å². The standard InChI is InChI=1S/C18H19Br2N5OS/c1-13(19)10-23-24(3)17(22-11-14-5-4-7-25(26)12-14)9-16(21-2)18-15(20)6-8-27-18/h4-10,12,22H,1,11H2,2-3H3/b17-9-,21-16+,23-10-. The van der Waals surface area contributed by atoms with Crippen LogP contribution in [0.3, 0.4) is 0 Å². The van der Waals surface area contributed by atoms with E-state index < -0.39 is 0 Å². The van der Waals surface area contributed by atoms with Crippen LogP contribution in [-0.4, -0.2) is 31.0 Å². The molecule has 0 amide bonds. The zero-order valence-electron chi connectivity index (χ0n) is 14.9. The van der Waals surface area contributed by atoms with Gasteiger partial charge in [-0.3, -0.25) is 10.0 Å². The van der Waals surface area contributed by atoms with Crippen molar-refractivity contribution in [3.8, 4) is 0 Å². The molecule has 0 atom stereocenters. The average Bonchev–Trinajstić information content (AvgIpc) is 3.06. The molecule has 142 valence electrons. The minimum absolute atomic E-state index is 0.465. The first-order valence-corrected chi connectivity index (χ1v) is 10.3. The minimum atomic E-state index is 0.465. The smallest absolute Gasteiger partial charge is 0.185 e. The Bertz CT molecular complexity index is 891. The molecule has 2 aromatic heterocycles. The fourth-order valence-electron chi connectivity index (χ4n) is 2.11. The third-order valence-corrected chi connectivity index (χ3v) is 5.46. The van der Waals surface area contributed by atoms with Crippen LogP contribution in [-0.2, 0) is 6.54 Å². The van der Waals surface area contributed by atoms with Gasteiger partial charge in [0, 0.05) is 47.3 Å². The zero-order chi connectivity index (χ0) is 19.8. The van der Waals surface area contributed by atoms with Crippen LogP contribution in [0.25, 0.3) is 0 Å². The number of halogens is 2. The first kappa shape index (κ1) is 21.3. The lowest BCUT2D eigenvalue weighted by molar-refractivity contribution is -0.605. The number of aliphatic imine (C=N–C) groups is 1. The van der Waals surface area contributed by atoms with Crippen molar-refractivity contribution in [2.24, 2.45) is 10.1 Å². The Kier molecular flexibility index (Phi) is 8.21. The molecular weight excluding hydrogens is 494 g/mol. The van der Waals surface area contributed by atoms with Gasteiger partial charge in [-0.1, -0.05) is 6.58 Å². The summed E-state index contributed by atoms with van der Waals surface area (Å²) in [6, 6.07) is 5.58. The van der Waals surface area contributed by atoms with Gasteiger partial charge in [-0.2, -0.15) is 9.83 Å². The maximum atomic E-state index is 11.5. The first-order chi connectivity index (χ1) is 12.9. The highest BCUT2D eigenvalue weighted by molar-refractivity contribution is 9.12. The second kappa shape index (κ2) is 10.4. The van der Waals surface area contributed by atoms with Gasteiger partial charge in [-0.05, 0) is 49.4 Å². The molecule has 2 rings (SSSR count). The number of thiophene rings is 1. The third kappa shape index (κ3) is 6.60. The largest absolute Gasteiger partial charge is 0.619 e. The molecule has 2 aromatic rings. The second-order valence-electron chi connectivity index (χ2n) is 5.38. The molecule has 0 aromatic carbocycles. The predicted molar refractivity (Wildman–Crippen MR) is 119 cm³/mol. The second-order valence-corrected chi connectivity index (χ2v) is 8.17. The van der Waals surface area contributed by atoms with Crippen molar-refractivity contribution in [3.63, 3.8) is 0 Å². The number of hydrogen-bond acceptors (Lipinski definition) is 6. The van der Waals surface area contributed by atoms with Gasteiger partial charge in [0.15, 0.2) is 12.4 Å². The van der Waals surface area contributed by atoms with E-state index in [0.717, 1.165) is 31.2 Å². The Morgan fingerprint density at radius 2 is 2.26 bits per heavy atom. The van der Waals surface area contributed by atoms with E-state index in [1.54, 1.807) is 35.7 Å². The molecule has 1 N–H and O–H groups in total. The van der Waals surface area contributed by atoms with Crippen molar-refractivity contribution in [2.45, 2.75) is 6.54 Å². The lowest BCUT2D eigenvalue weighted by Gasteiger charge is -2.19. The van der Waals surface area contributed by atoms with E-state index >= 15 is 0 Å². The molecule has 0 fully saturated rings. The van der Waals surface area contributed by atoms with Gasteiger partial charge in [0.2, 0.25) is 0 Å². The molecular formula is C18H19Br2N5OS. The Labute approximate surface area is 179 Å². The summed E-state index contributed by atoms with van der Waals surface area (Å²) in [6.45, 7) is 4.22. The van der Waals surface area contributed by atoms with Crippen LogP contribution in [0.5, 0.6) is 0 Å². The zero-order valence-corrected chi connectivity index (χ0v) is 18.9. The lowest BCUT2D eigenvalue weighted by atomic mass is 10.2. The Morgan fingerprint density at radius 3 is 2.85 bits per heavy atom. The van der Waals surface area contributed by atoms with Gasteiger partial charge < -0.3 is 10.5 Å². The average molecular weight is 513 g/mol. The molecule has 27 heavy (non-hydrogen) atoms. The molecule has 0 bridgehead atoms. The Morgan fingerprint density at radius 1 is 1.48 bits per heavy atom. The minimum Gasteiger partial charge on any atom is -0.619 e. The van der Waals surface area contributed by atoms with Crippen LogP contribution >= 0.6 is 43.2 Å². The van der Waals surface area contributed by atoms with Crippen molar-refractivity contribution in [2.75, 3.05) is 14.1 Å². The van der Waals surface area contributed by atoms with Crippen molar-refractivity contribution in [1.29, 1.82) is 0 Å². The van der Waals surface area contributed by atoms with Crippen molar-refractivity contribution in [3.05, 3.63) is 79.1 Å². The highest BCUT2D eigenvalue weighted by Crippen LogP contribution is 2.24. The van der Waals surface area contributed by atoms with Crippen molar-refractivity contribution >= 4 is 55.1 Å². The van der Waals surface area contributed by atoms with Crippen LogP contribution in [0.1, 0.15) is 10.4 Å². The molecule has 0 saturated heterocycles. The molecule has 0 unspecified atom stereocenters. The number of pyridine rings is 1. The summed E-state index contributed by atoms with van der Waals surface area (Å²) in [4.78, 5) is 5.42. The van der Waals surface area contributed by atoms with Crippen molar-refractivity contribution < 1.29 is 4.73 Å². The van der Waals surface area contributed by atoms with Gasteiger partial charge in [0.25, 0.3) is 0 Å². The third-order valence-electron chi connectivity index (χ3n) is 3.39. The number of nitrogens with one attached hydrogen (secondary N) is 1. The molecule has 9 heteroatoms. The SMILES string of the molecule is C=C(Br)/C=N\N(C)/C(=C\C(=N/C)c1sccc1Br)NCc1ccc[n+]([O-])c1. The molecule has 0 aliphatic heterocycles. The molecule has 0 aliphatic rings. The summed E-state index contributed by atoms with van der Waals surface area (Å²) in [5, 5.41) is 22.8. The highest BCUT2D eigenvalue weighted by atomic mass is 79.9. The van der Waals surface area contributed by atoms with E-state index in [2.05, 4.69) is 53.8 Å². The number of nitrogens with zero attached hydrogens (tertiary/aromatic N) is 4.